The molecule has 0 radical (unpaired) electrons. The first-order valence-corrected chi connectivity index (χ1v) is 8.02. The Bertz CT molecular complexity index is 516. The summed E-state index contributed by atoms with van der Waals surface area (Å²) in [5.74, 6) is 1.02. The first kappa shape index (κ1) is 14.4. The van der Waals surface area contributed by atoms with Crippen LogP contribution < -0.4 is 10.1 Å². The van der Waals surface area contributed by atoms with Crippen molar-refractivity contribution >= 4 is 11.6 Å². The zero-order valence-corrected chi connectivity index (χ0v) is 12.7. The van der Waals surface area contributed by atoms with Gasteiger partial charge < -0.3 is 15.0 Å². The highest BCUT2D eigenvalue weighted by Crippen LogP contribution is 2.26. The maximum Gasteiger partial charge on any atom is 0.224 e. The lowest BCUT2D eigenvalue weighted by molar-refractivity contribution is -0.116. The third-order valence-corrected chi connectivity index (χ3v) is 4.52. The largest absolute Gasteiger partial charge is 0.494 e. The van der Waals surface area contributed by atoms with Gasteiger partial charge in [0.25, 0.3) is 0 Å². The molecule has 1 N–H and O–H groups in total. The molecule has 1 aromatic rings. The van der Waals surface area contributed by atoms with Gasteiger partial charge in [0.15, 0.2) is 0 Å². The third kappa shape index (κ3) is 3.56. The first-order chi connectivity index (χ1) is 10.2. The predicted octanol–water partition coefficient (Wildman–Crippen LogP) is 2.82. The number of anilines is 1. The van der Waals surface area contributed by atoms with Crippen molar-refractivity contribution in [1.82, 2.24) is 4.90 Å². The van der Waals surface area contributed by atoms with Gasteiger partial charge in [-0.25, -0.2) is 0 Å². The van der Waals surface area contributed by atoms with E-state index in [-0.39, 0.29) is 5.91 Å². The van der Waals surface area contributed by atoms with Gasteiger partial charge in [-0.15, -0.1) is 0 Å². The maximum absolute atomic E-state index is 11.3. The average molecular weight is 288 g/mol. The van der Waals surface area contributed by atoms with E-state index in [1.54, 1.807) is 0 Å². The third-order valence-electron chi connectivity index (χ3n) is 4.52. The van der Waals surface area contributed by atoms with Crippen LogP contribution in [-0.4, -0.2) is 36.5 Å². The van der Waals surface area contributed by atoms with Crippen LogP contribution in [0, 0.1) is 0 Å². The summed E-state index contributed by atoms with van der Waals surface area (Å²) < 4.78 is 5.85. The van der Waals surface area contributed by atoms with Gasteiger partial charge >= 0.3 is 0 Å². The fourth-order valence-corrected chi connectivity index (χ4v) is 3.23. The highest BCUT2D eigenvalue weighted by molar-refractivity contribution is 5.93. The van der Waals surface area contributed by atoms with Gasteiger partial charge in [-0.3, -0.25) is 4.79 Å². The fraction of sp³-hybridized carbons (Fsp3) is 0.588. The van der Waals surface area contributed by atoms with Crippen LogP contribution in [0.25, 0.3) is 0 Å². The number of aryl methyl sites for hydroxylation is 1. The molecule has 1 aromatic carbocycles. The summed E-state index contributed by atoms with van der Waals surface area (Å²) in [5, 5.41) is 2.90. The molecule has 1 fully saturated rings. The van der Waals surface area contributed by atoms with E-state index in [1.165, 1.54) is 24.9 Å². The van der Waals surface area contributed by atoms with Crippen LogP contribution in [0.5, 0.6) is 5.75 Å². The lowest BCUT2D eigenvalue weighted by Crippen LogP contribution is -2.28. The second kappa shape index (κ2) is 6.48. The number of hydrogen-bond donors (Lipinski definition) is 1. The second-order valence-corrected chi connectivity index (χ2v) is 6.10. The number of carbonyl (C=O) groups excluding carboxylic acids is 1. The van der Waals surface area contributed by atoms with Crippen molar-refractivity contribution in [3.8, 4) is 5.75 Å². The number of nitrogens with zero attached hydrogens (tertiary/aromatic N) is 1. The van der Waals surface area contributed by atoms with E-state index in [0.29, 0.717) is 6.42 Å². The quantitative estimate of drug-likeness (QED) is 0.847. The molecule has 21 heavy (non-hydrogen) atoms. The van der Waals surface area contributed by atoms with Crippen molar-refractivity contribution in [2.24, 2.45) is 0 Å². The van der Waals surface area contributed by atoms with Crippen molar-refractivity contribution in [3.63, 3.8) is 0 Å². The summed E-state index contributed by atoms with van der Waals surface area (Å²) in [7, 11) is 0. The Morgan fingerprint density at radius 3 is 3.10 bits per heavy atom. The minimum atomic E-state index is 0.107. The zero-order chi connectivity index (χ0) is 14.7. The number of amides is 1. The van der Waals surface area contributed by atoms with E-state index in [9.17, 15) is 4.79 Å². The van der Waals surface area contributed by atoms with Gasteiger partial charge in [0, 0.05) is 24.7 Å². The predicted molar refractivity (Wildman–Crippen MR) is 83.8 cm³/mol. The molecule has 1 amide bonds. The molecule has 4 heteroatoms. The average Bonchev–Trinajstić information content (AvgIpc) is 2.89. The number of nitrogens with one attached hydrogen (secondary N) is 1. The van der Waals surface area contributed by atoms with Gasteiger partial charge in [-0.1, -0.05) is 0 Å². The summed E-state index contributed by atoms with van der Waals surface area (Å²) in [6.45, 7) is 5.43. The van der Waals surface area contributed by atoms with Crippen molar-refractivity contribution in [2.45, 2.75) is 45.1 Å². The lowest BCUT2D eigenvalue weighted by atomic mass is 10.0. The Kier molecular flexibility index (Phi) is 4.44. The highest BCUT2D eigenvalue weighted by atomic mass is 16.5. The monoisotopic (exact) mass is 288 g/mol. The summed E-state index contributed by atoms with van der Waals surface area (Å²) >= 11 is 0. The van der Waals surface area contributed by atoms with Crippen LogP contribution >= 0.6 is 0 Å². The van der Waals surface area contributed by atoms with Crippen LogP contribution in [0.15, 0.2) is 18.2 Å². The molecule has 0 aliphatic carbocycles. The normalized spacial score (nSPS) is 22.0. The summed E-state index contributed by atoms with van der Waals surface area (Å²) in [6, 6.07) is 6.69. The molecule has 2 aliphatic heterocycles. The van der Waals surface area contributed by atoms with Gasteiger partial charge in [0.05, 0.1) is 6.61 Å². The SMILES string of the molecule is C[C@@H]1CCCN1CCCOc1ccc2c(c1)CCC(=O)N2. The van der Waals surface area contributed by atoms with E-state index in [2.05, 4.69) is 23.2 Å². The lowest BCUT2D eigenvalue weighted by Gasteiger charge is -2.21. The standard InChI is InChI=1S/C17H24N2O2/c1-13-4-2-9-19(13)10-3-11-21-15-6-7-16-14(12-15)5-8-17(20)18-16/h6-7,12-13H,2-5,8-11H2,1H3,(H,18,20)/t13-/m1/s1. The van der Waals surface area contributed by atoms with Gasteiger partial charge in [-0.2, -0.15) is 0 Å². The van der Waals surface area contributed by atoms with Crippen LogP contribution in [0.3, 0.4) is 0 Å². The molecule has 1 atom stereocenters. The molecule has 0 saturated carbocycles. The number of carbonyl (C=O) groups is 1. The molecule has 114 valence electrons. The Balaban J connectivity index is 1.46. The van der Waals surface area contributed by atoms with Crippen molar-refractivity contribution in [3.05, 3.63) is 23.8 Å². The number of rotatable bonds is 5. The maximum atomic E-state index is 11.3. The van der Waals surface area contributed by atoms with Crippen LogP contribution in [-0.2, 0) is 11.2 Å². The molecule has 0 unspecified atom stereocenters. The van der Waals surface area contributed by atoms with Crippen molar-refractivity contribution < 1.29 is 9.53 Å². The number of hydrogen-bond acceptors (Lipinski definition) is 3. The summed E-state index contributed by atoms with van der Waals surface area (Å²) in [4.78, 5) is 13.9. The Labute approximate surface area is 126 Å². The van der Waals surface area contributed by atoms with Crippen molar-refractivity contribution in [1.29, 1.82) is 0 Å². The van der Waals surface area contributed by atoms with E-state index >= 15 is 0 Å². The fourth-order valence-electron chi connectivity index (χ4n) is 3.23. The first-order valence-electron chi connectivity index (χ1n) is 8.02. The molecule has 4 nitrogen and oxygen atoms in total. The van der Waals surface area contributed by atoms with E-state index in [4.69, 9.17) is 4.74 Å². The molecule has 0 aromatic heterocycles. The topological polar surface area (TPSA) is 41.6 Å². The molecule has 2 heterocycles. The van der Waals surface area contributed by atoms with Crippen LogP contribution in [0.2, 0.25) is 0 Å². The highest BCUT2D eigenvalue weighted by Gasteiger charge is 2.19. The van der Waals surface area contributed by atoms with Gasteiger partial charge in [0.1, 0.15) is 5.75 Å². The molecule has 3 rings (SSSR count). The van der Waals surface area contributed by atoms with Crippen LogP contribution in [0.4, 0.5) is 5.69 Å². The number of ether oxygens (including phenoxy) is 1. The minimum Gasteiger partial charge on any atom is -0.494 e. The Morgan fingerprint density at radius 2 is 2.29 bits per heavy atom. The molecular formula is C17H24N2O2. The molecule has 0 bridgehead atoms. The Morgan fingerprint density at radius 1 is 1.38 bits per heavy atom. The summed E-state index contributed by atoms with van der Waals surface area (Å²) in [5.41, 5.74) is 2.12. The van der Waals surface area contributed by atoms with Crippen LogP contribution in [0.1, 0.15) is 38.2 Å². The Hall–Kier alpha value is -1.55. The molecule has 1 saturated heterocycles. The molecular weight excluding hydrogens is 264 g/mol. The molecule has 2 aliphatic rings. The van der Waals surface area contributed by atoms with E-state index in [0.717, 1.165) is 43.5 Å². The second-order valence-electron chi connectivity index (χ2n) is 6.10. The smallest absolute Gasteiger partial charge is 0.224 e. The van der Waals surface area contributed by atoms with Gasteiger partial charge in [-0.05, 0) is 62.9 Å². The molecule has 0 spiro atoms. The number of benzene rings is 1. The van der Waals surface area contributed by atoms with Crippen molar-refractivity contribution in [2.75, 3.05) is 25.0 Å². The summed E-state index contributed by atoms with van der Waals surface area (Å²) in [6.07, 6.45) is 5.11. The van der Waals surface area contributed by atoms with Gasteiger partial charge in [0.2, 0.25) is 5.91 Å². The minimum absolute atomic E-state index is 0.107. The number of fused-ring (bicyclic) bond motifs is 1. The van der Waals surface area contributed by atoms with E-state index < -0.39 is 0 Å². The zero-order valence-electron chi connectivity index (χ0n) is 12.7. The number of likely N-dealkylation sites (tertiary alicyclic amines) is 1. The van der Waals surface area contributed by atoms with E-state index in [1.807, 2.05) is 12.1 Å².